The number of nitrogens with zero attached hydrogens (tertiary/aromatic N) is 7. The molecular formula is C30H36N8O. The lowest BCUT2D eigenvalue weighted by Gasteiger charge is -2.36. The number of likely N-dealkylation sites (tertiary alicyclic amines) is 1. The summed E-state index contributed by atoms with van der Waals surface area (Å²) in [6.07, 6.45) is 2.86. The monoisotopic (exact) mass is 524 g/mol. The first-order valence-corrected chi connectivity index (χ1v) is 14.0. The summed E-state index contributed by atoms with van der Waals surface area (Å²) >= 11 is 0. The topological polar surface area (TPSA) is 81.9 Å². The Morgan fingerprint density at radius 3 is 2.23 bits per heavy atom. The molecule has 9 heteroatoms. The number of rotatable bonds is 8. The highest BCUT2D eigenvalue weighted by Crippen LogP contribution is 2.20. The zero-order valence-electron chi connectivity index (χ0n) is 22.3. The number of para-hydroxylation sites is 1. The summed E-state index contributed by atoms with van der Waals surface area (Å²) in [6, 6.07) is 25.3. The molecule has 4 heterocycles. The summed E-state index contributed by atoms with van der Waals surface area (Å²) in [4.78, 5) is 19.9. The minimum absolute atomic E-state index is 0.0708. The van der Waals surface area contributed by atoms with Crippen molar-refractivity contribution in [1.82, 2.24) is 30.0 Å². The van der Waals surface area contributed by atoms with Gasteiger partial charge in [-0.15, -0.1) is 15.3 Å². The Labute approximate surface area is 229 Å². The average Bonchev–Trinajstić information content (AvgIpc) is 3.40. The molecule has 2 aromatic carbocycles. The molecule has 0 aliphatic carbocycles. The third-order valence-corrected chi connectivity index (χ3v) is 7.82. The summed E-state index contributed by atoms with van der Waals surface area (Å²) in [5.41, 5.74) is 3.31. The number of nitrogens with one attached hydrogen (secondary N) is 1. The first-order chi connectivity index (χ1) is 19.2. The van der Waals surface area contributed by atoms with E-state index in [1.54, 1.807) is 4.52 Å². The van der Waals surface area contributed by atoms with Crippen molar-refractivity contribution in [1.29, 1.82) is 0 Å². The fourth-order valence-electron chi connectivity index (χ4n) is 5.58. The van der Waals surface area contributed by atoms with Gasteiger partial charge in [-0.3, -0.25) is 9.69 Å². The van der Waals surface area contributed by atoms with Gasteiger partial charge in [0.1, 0.15) is 5.82 Å². The van der Waals surface area contributed by atoms with Crippen LogP contribution in [0.4, 0.5) is 11.5 Å². The first-order valence-electron chi connectivity index (χ1n) is 14.0. The Bertz CT molecular complexity index is 1360. The molecule has 2 aliphatic heterocycles. The highest BCUT2D eigenvalue weighted by molar-refractivity contribution is 5.76. The van der Waals surface area contributed by atoms with Gasteiger partial charge in [0.15, 0.2) is 11.5 Å². The number of hydrogen-bond donors (Lipinski definition) is 1. The molecule has 0 spiro atoms. The second kappa shape index (κ2) is 11.8. The normalized spacial score (nSPS) is 17.0. The van der Waals surface area contributed by atoms with Crippen LogP contribution in [0.25, 0.3) is 5.65 Å². The zero-order chi connectivity index (χ0) is 26.4. The summed E-state index contributed by atoms with van der Waals surface area (Å²) in [5.74, 6) is 1.71. The molecule has 2 saturated heterocycles. The highest BCUT2D eigenvalue weighted by Gasteiger charge is 2.22. The van der Waals surface area contributed by atoms with Gasteiger partial charge in [0.2, 0.25) is 5.91 Å². The molecule has 0 atom stereocenters. The number of piperidine rings is 1. The number of benzene rings is 2. The number of piperazine rings is 1. The molecule has 1 N–H and O–H groups in total. The molecule has 0 saturated carbocycles. The standard InChI is InChI=1S/C30H36N8O/c39-30(31-25-15-17-35(18-16-25)23-24-7-3-1-4-8-24)14-13-28-33-32-27-11-12-29(34-38(27)28)37-21-19-36(20-22-37)26-9-5-2-6-10-26/h1-12,25H,13-23H2,(H,31,39). The van der Waals surface area contributed by atoms with E-state index in [1.807, 2.05) is 12.1 Å². The first kappa shape index (κ1) is 25.3. The molecule has 2 fully saturated rings. The second-order valence-corrected chi connectivity index (χ2v) is 10.5. The smallest absolute Gasteiger partial charge is 0.220 e. The molecule has 6 rings (SSSR count). The highest BCUT2D eigenvalue weighted by atomic mass is 16.1. The van der Waals surface area contributed by atoms with E-state index >= 15 is 0 Å². The van der Waals surface area contributed by atoms with E-state index in [0.29, 0.717) is 18.5 Å². The number of aromatic nitrogens is 4. The Morgan fingerprint density at radius 2 is 1.49 bits per heavy atom. The lowest BCUT2D eigenvalue weighted by atomic mass is 10.0. The second-order valence-electron chi connectivity index (χ2n) is 10.5. The van der Waals surface area contributed by atoms with Crippen LogP contribution < -0.4 is 15.1 Å². The molecule has 2 aliphatic rings. The molecule has 0 radical (unpaired) electrons. The van der Waals surface area contributed by atoms with E-state index in [2.05, 4.69) is 90.9 Å². The molecule has 4 aromatic rings. The predicted molar refractivity (Wildman–Crippen MR) is 153 cm³/mol. The number of aryl methyl sites for hydroxylation is 1. The minimum atomic E-state index is 0.0708. The van der Waals surface area contributed by atoms with Gasteiger partial charge in [0.25, 0.3) is 0 Å². The van der Waals surface area contributed by atoms with Crippen LogP contribution in [0.1, 0.15) is 30.7 Å². The van der Waals surface area contributed by atoms with E-state index in [-0.39, 0.29) is 11.9 Å². The molecule has 1 amide bonds. The van der Waals surface area contributed by atoms with Crippen molar-refractivity contribution in [3.05, 3.63) is 84.2 Å². The van der Waals surface area contributed by atoms with Crippen LogP contribution in [0.3, 0.4) is 0 Å². The van der Waals surface area contributed by atoms with Crippen molar-refractivity contribution in [2.45, 2.75) is 38.3 Å². The third kappa shape index (κ3) is 6.20. The summed E-state index contributed by atoms with van der Waals surface area (Å²) < 4.78 is 1.80. The van der Waals surface area contributed by atoms with Gasteiger partial charge in [-0.25, -0.2) is 0 Å². The van der Waals surface area contributed by atoms with E-state index < -0.39 is 0 Å². The number of carbonyl (C=O) groups excluding carboxylic acids is 1. The number of carbonyl (C=O) groups is 1. The maximum absolute atomic E-state index is 12.8. The quantitative estimate of drug-likeness (QED) is 0.379. The molecule has 202 valence electrons. The Balaban J connectivity index is 0.992. The Morgan fingerprint density at radius 1 is 0.795 bits per heavy atom. The summed E-state index contributed by atoms with van der Waals surface area (Å²) in [5, 5.41) is 16.7. The maximum atomic E-state index is 12.8. The molecule has 9 nitrogen and oxygen atoms in total. The Hall–Kier alpha value is -3.98. The molecule has 0 unspecified atom stereocenters. The lowest BCUT2D eigenvalue weighted by Crippen LogP contribution is -2.47. The molecular weight excluding hydrogens is 488 g/mol. The van der Waals surface area contributed by atoms with Gasteiger partial charge in [0, 0.05) is 70.4 Å². The zero-order valence-corrected chi connectivity index (χ0v) is 22.3. The van der Waals surface area contributed by atoms with E-state index in [9.17, 15) is 4.79 Å². The van der Waals surface area contributed by atoms with Crippen LogP contribution in [0.15, 0.2) is 72.8 Å². The minimum Gasteiger partial charge on any atom is -0.368 e. The van der Waals surface area contributed by atoms with E-state index in [0.717, 1.165) is 70.3 Å². The lowest BCUT2D eigenvalue weighted by molar-refractivity contribution is -0.122. The van der Waals surface area contributed by atoms with Crippen LogP contribution in [-0.4, -0.2) is 75.9 Å². The third-order valence-electron chi connectivity index (χ3n) is 7.82. The van der Waals surface area contributed by atoms with Gasteiger partial charge in [-0.2, -0.15) is 4.52 Å². The number of amides is 1. The van der Waals surface area contributed by atoms with Crippen LogP contribution in [0.2, 0.25) is 0 Å². The van der Waals surface area contributed by atoms with Crippen LogP contribution in [0, 0.1) is 0 Å². The van der Waals surface area contributed by atoms with Crippen LogP contribution in [-0.2, 0) is 17.8 Å². The predicted octanol–water partition coefficient (Wildman–Crippen LogP) is 3.16. The fourth-order valence-corrected chi connectivity index (χ4v) is 5.58. The van der Waals surface area contributed by atoms with Crippen molar-refractivity contribution in [2.75, 3.05) is 49.1 Å². The van der Waals surface area contributed by atoms with Gasteiger partial charge >= 0.3 is 0 Å². The van der Waals surface area contributed by atoms with Crippen molar-refractivity contribution >= 4 is 23.1 Å². The average molecular weight is 525 g/mol. The van der Waals surface area contributed by atoms with Crippen molar-refractivity contribution < 1.29 is 4.79 Å². The van der Waals surface area contributed by atoms with Crippen molar-refractivity contribution in [3.8, 4) is 0 Å². The number of anilines is 2. The largest absolute Gasteiger partial charge is 0.368 e. The number of hydrogen-bond acceptors (Lipinski definition) is 7. The number of fused-ring (bicyclic) bond motifs is 1. The molecule has 39 heavy (non-hydrogen) atoms. The van der Waals surface area contributed by atoms with E-state index in [1.165, 1.54) is 11.3 Å². The van der Waals surface area contributed by atoms with Crippen LogP contribution >= 0.6 is 0 Å². The van der Waals surface area contributed by atoms with Crippen molar-refractivity contribution in [3.63, 3.8) is 0 Å². The summed E-state index contributed by atoms with van der Waals surface area (Å²) in [7, 11) is 0. The van der Waals surface area contributed by atoms with Gasteiger partial charge in [-0.05, 0) is 42.7 Å². The van der Waals surface area contributed by atoms with Gasteiger partial charge in [-0.1, -0.05) is 48.5 Å². The molecule has 2 aromatic heterocycles. The van der Waals surface area contributed by atoms with Gasteiger partial charge < -0.3 is 15.1 Å². The van der Waals surface area contributed by atoms with E-state index in [4.69, 9.17) is 5.10 Å². The summed E-state index contributed by atoms with van der Waals surface area (Å²) in [6.45, 7) is 6.67. The van der Waals surface area contributed by atoms with Crippen molar-refractivity contribution in [2.24, 2.45) is 0 Å². The maximum Gasteiger partial charge on any atom is 0.220 e. The fraction of sp³-hybridized carbons (Fsp3) is 0.400. The Kier molecular flexibility index (Phi) is 7.67. The van der Waals surface area contributed by atoms with Crippen LogP contribution in [0.5, 0.6) is 0 Å². The molecule has 0 bridgehead atoms. The van der Waals surface area contributed by atoms with Gasteiger partial charge in [0.05, 0.1) is 0 Å². The SMILES string of the molecule is O=C(CCc1nnc2ccc(N3CCN(c4ccccc4)CC3)nn12)NC1CCN(Cc2ccccc2)CC1.